The van der Waals surface area contributed by atoms with Crippen molar-refractivity contribution in [3.8, 4) is 0 Å². The molecule has 2 N–H and O–H groups in total. The van der Waals surface area contributed by atoms with E-state index in [1.54, 1.807) is 0 Å². The summed E-state index contributed by atoms with van der Waals surface area (Å²) < 4.78 is 27.3. The fraction of sp³-hybridized carbons (Fsp3) is 0.312. The Morgan fingerprint density at radius 2 is 1.57 bits per heavy atom. The monoisotopic (exact) mass is 291 g/mol. The zero-order valence-electron chi connectivity index (χ0n) is 12.2. The number of benzene rings is 1. The van der Waals surface area contributed by atoms with Crippen LogP contribution >= 0.6 is 0 Å². The van der Waals surface area contributed by atoms with Crippen molar-refractivity contribution in [2.45, 2.75) is 26.8 Å². The molecule has 2 rings (SSSR count). The van der Waals surface area contributed by atoms with Crippen molar-refractivity contribution in [1.29, 1.82) is 0 Å². The number of anilines is 2. The Labute approximate surface area is 123 Å². The lowest BCUT2D eigenvalue weighted by Gasteiger charge is -2.12. The molecule has 112 valence electrons. The first-order valence-corrected chi connectivity index (χ1v) is 7.06. The van der Waals surface area contributed by atoms with Crippen LogP contribution in [0.5, 0.6) is 0 Å². The molecule has 0 saturated heterocycles. The highest BCUT2D eigenvalue weighted by Crippen LogP contribution is 2.20. The number of halogens is 2. The average molecular weight is 291 g/mol. The van der Waals surface area contributed by atoms with E-state index in [0.29, 0.717) is 13.1 Å². The first-order valence-electron chi connectivity index (χ1n) is 7.06. The molecule has 0 saturated carbocycles. The van der Waals surface area contributed by atoms with Crippen LogP contribution in [0, 0.1) is 11.6 Å². The number of aryl methyl sites for hydroxylation is 1. The van der Waals surface area contributed by atoms with Crippen molar-refractivity contribution in [3.63, 3.8) is 0 Å². The normalized spacial score (nSPS) is 10.5. The third kappa shape index (κ3) is 3.68. The van der Waals surface area contributed by atoms with E-state index in [4.69, 9.17) is 0 Å². The van der Waals surface area contributed by atoms with Crippen LogP contribution in [0.3, 0.4) is 0 Å². The van der Waals surface area contributed by atoms with E-state index in [2.05, 4.69) is 22.5 Å². The van der Waals surface area contributed by atoms with E-state index in [-0.39, 0.29) is 11.6 Å². The van der Waals surface area contributed by atoms with E-state index in [0.717, 1.165) is 18.1 Å². The Morgan fingerprint density at radius 3 is 2.19 bits per heavy atom. The van der Waals surface area contributed by atoms with Crippen molar-refractivity contribution < 1.29 is 8.78 Å². The Bertz CT molecular complexity index is 614. The number of rotatable bonds is 6. The van der Waals surface area contributed by atoms with Crippen LogP contribution in [0.1, 0.15) is 25.0 Å². The Kier molecular flexibility index (Phi) is 5.09. The molecule has 0 spiro atoms. The van der Waals surface area contributed by atoms with E-state index in [9.17, 15) is 8.78 Å². The van der Waals surface area contributed by atoms with Gasteiger partial charge in [0.2, 0.25) is 0 Å². The van der Waals surface area contributed by atoms with Gasteiger partial charge in [0.1, 0.15) is 0 Å². The van der Waals surface area contributed by atoms with Crippen molar-refractivity contribution in [3.05, 3.63) is 53.1 Å². The topological polar surface area (TPSA) is 37.0 Å². The van der Waals surface area contributed by atoms with Crippen LogP contribution in [-0.2, 0) is 13.0 Å². The third-order valence-corrected chi connectivity index (χ3v) is 3.22. The predicted molar refractivity (Wildman–Crippen MR) is 81.5 cm³/mol. The highest BCUT2D eigenvalue weighted by Gasteiger charge is 2.11. The molecule has 0 amide bonds. The molecule has 21 heavy (non-hydrogen) atoms. The SMILES string of the molecule is CCNc1nc(NCc2ccccc2CC)c(F)cc1F. The number of nitrogens with one attached hydrogen (secondary N) is 2. The lowest BCUT2D eigenvalue weighted by atomic mass is 10.1. The molecule has 0 aliphatic rings. The minimum atomic E-state index is -0.692. The van der Waals surface area contributed by atoms with Gasteiger partial charge in [-0.05, 0) is 24.5 Å². The smallest absolute Gasteiger partial charge is 0.168 e. The van der Waals surface area contributed by atoms with Crippen LogP contribution in [0.2, 0.25) is 0 Å². The van der Waals surface area contributed by atoms with Gasteiger partial charge in [-0.3, -0.25) is 0 Å². The summed E-state index contributed by atoms with van der Waals surface area (Å²) in [6.45, 7) is 4.87. The molecule has 5 heteroatoms. The Balaban J connectivity index is 2.17. The molecule has 3 nitrogen and oxygen atoms in total. The molecule has 0 aliphatic carbocycles. The summed E-state index contributed by atoms with van der Waals surface area (Å²) in [5.41, 5.74) is 2.27. The molecule has 1 heterocycles. The number of pyridine rings is 1. The summed E-state index contributed by atoms with van der Waals surface area (Å²) in [5.74, 6) is -1.26. The van der Waals surface area contributed by atoms with Gasteiger partial charge in [-0.2, -0.15) is 0 Å². The minimum Gasteiger partial charge on any atom is -0.368 e. The highest BCUT2D eigenvalue weighted by molar-refractivity contribution is 5.48. The average Bonchev–Trinajstić information content (AvgIpc) is 2.49. The Morgan fingerprint density at radius 1 is 0.952 bits per heavy atom. The van der Waals surface area contributed by atoms with Crippen LogP contribution < -0.4 is 10.6 Å². The first-order chi connectivity index (χ1) is 10.2. The number of aromatic nitrogens is 1. The lowest BCUT2D eigenvalue weighted by molar-refractivity contribution is 0.578. The fourth-order valence-corrected chi connectivity index (χ4v) is 2.14. The summed E-state index contributed by atoms with van der Waals surface area (Å²) >= 11 is 0. The van der Waals surface area contributed by atoms with Gasteiger partial charge in [0.05, 0.1) is 0 Å². The van der Waals surface area contributed by atoms with Gasteiger partial charge in [0, 0.05) is 19.2 Å². The molecule has 0 atom stereocenters. The minimum absolute atomic E-state index is 0.0539. The second kappa shape index (κ2) is 7.02. The van der Waals surface area contributed by atoms with Gasteiger partial charge in [-0.1, -0.05) is 31.2 Å². The van der Waals surface area contributed by atoms with Crippen LogP contribution in [0.4, 0.5) is 20.4 Å². The first kappa shape index (κ1) is 15.2. The Hall–Kier alpha value is -2.17. The second-order valence-electron chi connectivity index (χ2n) is 4.66. The van der Waals surface area contributed by atoms with E-state index >= 15 is 0 Å². The van der Waals surface area contributed by atoms with Crippen LogP contribution in [0.25, 0.3) is 0 Å². The summed E-state index contributed by atoms with van der Waals surface area (Å²) in [4.78, 5) is 3.96. The molecule has 0 aliphatic heterocycles. The molecule has 0 bridgehead atoms. The summed E-state index contributed by atoms with van der Waals surface area (Å²) in [6, 6.07) is 8.78. The second-order valence-corrected chi connectivity index (χ2v) is 4.66. The lowest BCUT2D eigenvalue weighted by Crippen LogP contribution is -2.09. The molecule has 1 aromatic heterocycles. The standard InChI is InChI=1S/C16H19F2N3/c1-3-11-7-5-6-8-12(11)10-20-16-14(18)9-13(17)15(21-16)19-4-2/h5-9H,3-4,10H2,1-2H3,(H2,19,20,21). The van der Waals surface area contributed by atoms with Crippen molar-refractivity contribution in [1.82, 2.24) is 4.98 Å². The third-order valence-electron chi connectivity index (χ3n) is 3.22. The molecule has 1 aromatic carbocycles. The molecular formula is C16H19F2N3. The van der Waals surface area contributed by atoms with Crippen molar-refractivity contribution in [2.24, 2.45) is 0 Å². The summed E-state index contributed by atoms with van der Waals surface area (Å²) in [5, 5.41) is 5.71. The van der Waals surface area contributed by atoms with Gasteiger partial charge in [0.25, 0.3) is 0 Å². The predicted octanol–water partition coefficient (Wildman–Crippen LogP) is 3.97. The van der Waals surface area contributed by atoms with Gasteiger partial charge in [0.15, 0.2) is 23.3 Å². The van der Waals surface area contributed by atoms with E-state index in [1.165, 1.54) is 5.56 Å². The van der Waals surface area contributed by atoms with Crippen molar-refractivity contribution >= 4 is 11.6 Å². The maximum absolute atomic E-state index is 13.8. The maximum Gasteiger partial charge on any atom is 0.168 e. The quantitative estimate of drug-likeness (QED) is 0.845. The van der Waals surface area contributed by atoms with E-state index in [1.807, 2.05) is 31.2 Å². The van der Waals surface area contributed by atoms with Crippen LogP contribution in [-0.4, -0.2) is 11.5 Å². The highest BCUT2D eigenvalue weighted by atomic mass is 19.1. The van der Waals surface area contributed by atoms with Crippen LogP contribution in [0.15, 0.2) is 30.3 Å². The number of hydrogen-bond donors (Lipinski definition) is 2. The fourth-order valence-electron chi connectivity index (χ4n) is 2.14. The molecule has 0 fully saturated rings. The molecule has 0 radical (unpaired) electrons. The van der Waals surface area contributed by atoms with Gasteiger partial charge < -0.3 is 10.6 Å². The van der Waals surface area contributed by atoms with E-state index < -0.39 is 11.6 Å². The molecule has 2 aromatic rings. The molecule has 0 unspecified atom stereocenters. The van der Waals surface area contributed by atoms with Gasteiger partial charge >= 0.3 is 0 Å². The zero-order valence-corrected chi connectivity index (χ0v) is 12.2. The van der Waals surface area contributed by atoms with Gasteiger partial charge in [-0.15, -0.1) is 0 Å². The molecular weight excluding hydrogens is 272 g/mol. The summed E-state index contributed by atoms with van der Waals surface area (Å²) in [7, 11) is 0. The number of hydrogen-bond acceptors (Lipinski definition) is 3. The summed E-state index contributed by atoms with van der Waals surface area (Å²) in [6.07, 6.45) is 0.903. The van der Waals surface area contributed by atoms with Gasteiger partial charge in [-0.25, -0.2) is 13.8 Å². The zero-order chi connectivity index (χ0) is 15.2. The number of nitrogens with zero attached hydrogens (tertiary/aromatic N) is 1. The van der Waals surface area contributed by atoms with Crippen molar-refractivity contribution in [2.75, 3.05) is 17.2 Å². The largest absolute Gasteiger partial charge is 0.368 e. The maximum atomic E-state index is 13.8.